The van der Waals surface area contributed by atoms with Crippen LogP contribution >= 0.6 is 0 Å². The fourth-order valence-electron chi connectivity index (χ4n) is 2.74. The second-order valence-corrected chi connectivity index (χ2v) is 4.96. The molecule has 0 spiro atoms. The summed E-state index contributed by atoms with van der Waals surface area (Å²) in [5, 5.41) is 9.74. The fourth-order valence-corrected chi connectivity index (χ4v) is 2.74. The summed E-state index contributed by atoms with van der Waals surface area (Å²) in [6.45, 7) is 4.06. The van der Waals surface area contributed by atoms with Crippen LogP contribution in [0.2, 0.25) is 0 Å². The number of rotatable bonds is 5. The van der Waals surface area contributed by atoms with Gasteiger partial charge in [0.05, 0.1) is 12.0 Å². The maximum atomic E-state index is 11.8. The van der Waals surface area contributed by atoms with Crippen molar-refractivity contribution in [3.63, 3.8) is 0 Å². The molecule has 0 heterocycles. The SMILES string of the molecule is CCCCC[C@@H]1C[C@@H](O)C=C(C)[C@@H]1C(=O)NN. The van der Waals surface area contributed by atoms with Gasteiger partial charge in [-0.2, -0.15) is 0 Å². The molecule has 0 aromatic rings. The van der Waals surface area contributed by atoms with Gasteiger partial charge in [-0.15, -0.1) is 0 Å². The molecule has 3 atom stereocenters. The molecule has 0 aromatic carbocycles. The van der Waals surface area contributed by atoms with Crippen molar-refractivity contribution in [1.82, 2.24) is 5.43 Å². The highest BCUT2D eigenvalue weighted by molar-refractivity contribution is 5.81. The lowest BCUT2D eigenvalue weighted by molar-refractivity contribution is -0.126. The molecule has 0 radical (unpaired) electrons. The van der Waals surface area contributed by atoms with Crippen molar-refractivity contribution in [3.8, 4) is 0 Å². The van der Waals surface area contributed by atoms with Crippen molar-refractivity contribution in [2.75, 3.05) is 0 Å². The zero-order chi connectivity index (χ0) is 12.8. The number of nitrogens with one attached hydrogen (secondary N) is 1. The van der Waals surface area contributed by atoms with Crippen LogP contribution in [0.5, 0.6) is 0 Å². The molecule has 98 valence electrons. The van der Waals surface area contributed by atoms with Crippen molar-refractivity contribution >= 4 is 5.91 Å². The topological polar surface area (TPSA) is 75.3 Å². The Morgan fingerprint density at radius 2 is 2.29 bits per heavy atom. The quantitative estimate of drug-likeness (QED) is 0.224. The molecule has 4 nitrogen and oxygen atoms in total. The van der Waals surface area contributed by atoms with E-state index in [1.165, 1.54) is 6.42 Å². The molecule has 4 N–H and O–H groups in total. The zero-order valence-electron chi connectivity index (χ0n) is 10.8. The van der Waals surface area contributed by atoms with Gasteiger partial charge >= 0.3 is 0 Å². The summed E-state index contributed by atoms with van der Waals surface area (Å²) in [7, 11) is 0. The monoisotopic (exact) mass is 240 g/mol. The van der Waals surface area contributed by atoms with Crippen LogP contribution in [-0.4, -0.2) is 17.1 Å². The van der Waals surface area contributed by atoms with Crippen LogP contribution in [0.25, 0.3) is 0 Å². The molecule has 1 aliphatic carbocycles. The normalized spacial score (nSPS) is 28.7. The van der Waals surface area contributed by atoms with E-state index in [1.807, 2.05) is 6.92 Å². The number of hydrogen-bond donors (Lipinski definition) is 3. The van der Waals surface area contributed by atoms with E-state index in [-0.39, 0.29) is 17.7 Å². The highest BCUT2D eigenvalue weighted by atomic mass is 16.3. The standard InChI is InChI=1S/C13H24N2O2/c1-3-4-5-6-10-8-11(16)7-9(2)12(10)13(17)15-14/h7,10-12,16H,3-6,8,14H2,1-2H3,(H,15,17)/t10-,11+,12+/m1/s1. The van der Waals surface area contributed by atoms with Crippen LogP contribution in [0.4, 0.5) is 0 Å². The first kappa shape index (κ1) is 14.2. The lowest BCUT2D eigenvalue weighted by Gasteiger charge is -2.32. The smallest absolute Gasteiger partial charge is 0.241 e. The molecule has 1 aliphatic rings. The Morgan fingerprint density at radius 3 is 2.88 bits per heavy atom. The van der Waals surface area contributed by atoms with Gasteiger partial charge in [-0.25, -0.2) is 5.84 Å². The number of carbonyl (C=O) groups excluding carboxylic acids is 1. The predicted molar refractivity (Wildman–Crippen MR) is 67.8 cm³/mol. The van der Waals surface area contributed by atoms with Crippen molar-refractivity contribution in [2.45, 2.75) is 52.1 Å². The first-order valence-corrected chi connectivity index (χ1v) is 6.47. The third-order valence-electron chi connectivity index (χ3n) is 3.56. The minimum absolute atomic E-state index is 0.132. The third-order valence-corrected chi connectivity index (χ3v) is 3.56. The molecule has 0 fully saturated rings. The Morgan fingerprint density at radius 1 is 1.59 bits per heavy atom. The molecule has 4 heteroatoms. The minimum atomic E-state index is -0.413. The first-order valence-electron chi connectivity index (χ1n) is 6.47. The maximum absolute atomic E-state index is 11.8. The average Bonchev–Trinajstić information content (AvgIpc) is 2.28. The van der Waals surface area contributed by atoms with Gasteiger partial charge in [-0.1, -0.05) is 37.8 Å². The van der Waals surface area contributed by atoms with E-state index in [1.54, 1.807) is 6.08 Å². The molecule has 1 amide bonds. The summed E-state index contributed by atoms with van der Waals surface area (Å²) in [5.74, 6) is 5.14. The van der Waals surface area contributed by atoms with Gasteiger partial charge < -0.3 is 5.11 Å². The van der Waals surface area contributed by atoms with Gasteiger partial charge in [0.2, 0.25) is 5.91 Å². The van der Waals surface area contributed by atoms with Crippen LogP contribution < -0.4 is 11.3 Å². The number of carbonyl (C=O) groups is 1. The van der Waals surface area contributed by atoms with Gasteiger partial charge in [0, 0.05) is 0 Å². The zero-order valence-corrected chi connectivity index (χ0v) is 10.8. The predicted octanol–water partition coefficient (Wildman–Crippen LogP) is 1.50. The summed E-state index contributed by atoms with van der Waals surface area (Å²) in [6.07, 6.45) is 6.45. The largest absolute Gasteiger partial charge is 0.389 e. The van der Waals surface area contributed by atoms with Crippen molar-refractivity contribution in [1.29, 1.82) is 0 Å². The number of aliphatic hydroxyl groups is 1. The van der Waals surface area contributed by atoms with Crippen LogP contribution in [0, 0.1) is 11.8 Å². The Bertz CT molecular complexity index is 289. The van der Waals surface area contributed by atoms with E-state index >= 15 is 0 Å². The summed E-state index contributed by atoms with van der Waals surface area (Å²) in [4.78, 5) is 11.8. The van der Waals surface area contributed by atoms with Crippen LogP contribution in [0.15, 0.2) is 11.6 Å². The lowest BCUT2D eigenvalue weighted by atomic mass is 9.75. The van der Waals surface area contributed by atoms with Gasteiger partial charge in [0.1, 0.15) is 0 Å². The van der Waals surface area contributed by atoms with Gasteiger partial charge in [0.25, 0.3) is 0 Å². The summed E-state index contributed by atoms with van der Waals surface area (Å²) < 4.78 is 0. The maximum Gasteiger partial charge on any atom is 0.241 e. The number of aliphatic hydroxyl groups excluding tert-OH is 1. The van der Waals surface area contributed by atoms with Gasteiger partial charge in [-0.3, -0.25) is 10.2 Å². The van der Waals surface area contributed by atoms with Crippen molar-refractivity contribution in [3.05, 3.63) is 11.6 Å². The summed E-state index contributed by atoms with van der Waals surface area (Å²) in [5.41, 5.74) is 3.18. The molecule has 0 saturated carbocycles. The molecule has 0 aliphatic heterocycles. The molecule has 0 aromatic heterocycles. The fraction of sp³-hybridized carbons (Fsp3) is 0.769. The molecular formula is C13H24N2O2. The highest BCUT2D eigenvalue weighted by Gasteiger charge is 2.33. The highest BCUT2D eigenvalue weighted by Crippen LogP contribution is 2.34. The number of unbranched alkanes of at least 4 members (excludes halogenated alkanes) is 2. The molecule has 0 unspecified atom stereocenters. The van der Waals surface area contributed by atoms with E-state index in [0.29, 0.717) is 6.42 Å². The van der Waals surface area contributed by atoms with Crippen molar-refractivity contribution < 1.29 is 9.90 Å². The van der Waals surface area contributed by atoms with Crippen LogP contribution in [0.1, 0.15) is 46.0 Å². The van der Waals surface area contributed by atoms with Crippen LogP contribution in [0.3, 0.4) is 0 Å². The number of hydrogen-bond acceptors (Lipinski definition) is 3. The van der Waals surface area contributed by atoms with E-state index in [2.05, 4.69) is 12.3 Å². The second-order valence-electron chi connectivity index (χ2n) is 4.96. The number of hydrazine groups is 1. The summed E-state index contributed by atoms with van der Waals surface area (Å²) >= 11 is 0. The van der Waals surface area contributed by atoms with E-state index in [9.17, 15) is 9.90 Å². The third kappa shape index (κ3) is 3.82. The molecule has 1 rings (SSSR count). The Labute approximate surface area is 103 Å². The minimum Gasteiger partial charge on any atom is -0.389 e. The van der Waals surface area contributed by atoms with E-state index in [0.717, 1.165) is 24.8 Å². The summed E-state index contributed by atoms with van der Waals surface area (Å²) in [6, 6.07) is 0. The Balaban J connectivity index is 2.70. The molecular weight excluding hydrogens is 216 g/mol. The average molecular weight is 240 g/mol. The molecule has 17 heavy (non-hydrogen) atoms. The van der Waals surface area contributed by atoms with Crippen LogP contribution in [-0.2, 0) is 4.79 Å². The van der Waals surface area contributed by atoms with E-state index in [4.69, 9.17) is 5.84 Å². The second kappa shape index (κ2) is 6.77. The van der Waals surface area contributed by atoms with Gasteiger partial charge in [-0.05, 0) is 25.7 Å². The number of amides is 1. The van der Waals surface area contributed by atoms with E-state index < -0.39 is 6.10 Å². The Kier molecular flexibility index (Phi) is 5.65. The Hall–Kier alpha value is -0.870. The molecule has 0 bridgehead atoms. The van der Waals surface area contributed by atoms with Gasteiger partial charge in [0.15, 0.2) is 0 Å². The number of nitrogens with two attached hydrogens (primary N) is 1. The first-order chi connectivity index (χ1) is 8.10. The van der Waals surface area contributed by atoms with Crippen molar-refractivity contribution in [2.24, 2.45) is 17.7 Å². The molecule has 0 saturated heterocycles. The lowest BCUT2D eigenvalue weighted by Crippen LogP contribution is -2.42.